The second-order valence-electron chi connectivity index (χ2n) is 3.25. The molecule has 0 aromatic heterocycles. The van der Waals surface area contributed by atoms with Gasteiger partial charge in [-0.3, -0.25) is 0 Å². The Labute approximate surface area is 101 Å². The van der Waals surface area contributed by atoms with Gasteiger partial charge < -0.3 is 10.9 Å². The number of benzene rings is 1. The highest BCUT2D eigenvalue weighted by atomic mass is 19.1. The minimum atomic E-state index is -0.507. The van der Waals surface area contributed by atoms with Crippen molar-refractivity contribution in [3.05, 3.63) is 35.4 Å². The van der Waals surface area contributed by atoms with Crippen molar-refractivity contribution in [1.82, 2.24) is 0 Å². The Hall–Kier alpha value is -1.04. The third-order valence-electron chi connectivity index (χ3n) is 1.81. The molecule has 0 unspecified atom stereocenters. The largest absolute Gasteiger partial charge is 0.331 e. The summed E-state index contributed by atoms with van der Waals surface area (Å²) >= 11 is 0. The van der Waals surface area contributed by atoms with Crippen LogP contribution in [0, 0.1) is 11.6 Å². The average Bonchev–Trinajstić information content (AvgIpc) is 2.32. The fraction of sp³-hybridized carbons (Fsp3) is 0.500. The molecule has 0 atom stereocenters. The molecule has 17 heavy (non-hydrogen) atoms. The molecule has 0 aliphatic rings. The van der Waals surface area contributed by atoms with Gasteiger partial charge in [-0.2, -0.15) is 0 Å². The summed E-state index contributed by atoms with van der Waals surface area (Å²) in [4.78, 5) is 0. The van der Waals surface area contributed by atoms with Crippen LogP contribution in [0.5, 0.6) is 0 Å². The molecule has 5 N–H and O–H groups in total. The van der Waals surface area contributed by atoms with E-state index in [0.717, 1.165) is 25.5 Å². The van der Waals surface area contributed by atoms with Gasteiger partial charge in [-0.25, -0.2) is 14.7 Å². The molecule has 0 heterocycles. The van der Waals surface area contributed by atoms with Gasteiger partial charge in [-0.15, -0.1) is 0 Å². The van der Waals surface area contributed by atoms with E-state index in [-0.39, 0.29) is 0 Å². The monoisotopic (exact) mass is 248 g/mol. The van der Waals surface area contributed by atoms with E-state index >= 15 is 0 Å². The molecule has 1 aromatic rings. The maximum atomic E-state index is 12.9. The summed E-state index contributed by atoms with van der Waals surface area (Å²) in [6.07, 6.45) is 2.67. The standard InChI is InChI=1S/C10H12F2.C2H7N.H3NO/c1-2-3-4-8-5-6-9(11)7-10(8)12;1-2-3;1-2/h5-7H,2-4H2,1H3;2-3H2,1H3;2H,1H2. The van der Waals surface area contributed by atoms with Crippen molar-refractivity contribution in [2.45, 2.75) is 33.1 Å². The number of nitrogens with two attached hydrogens (primary N) is 2. The molecular formula is C12H22F2N2O. The van der Waals surface area contributed by atoms with Gasteiger partial charge in [0.1, 0.15) is 11.6 Å². The molecule has 0 saturated heterocycles. The number of aryl methyl sites for hydroxylation is 1. The summed E-state index contributed by atoms with van der Waals surface area (Å²) in [6, 6.07) is 3.75. The minimum absolute atomic E-state index is 0.427. The third kappa shape index (κ3) is 9.86. The second-order valence-corrected chi connectivity index (χ2v) is 3.25. The summed E-state index contributed by atoms with van der Waals surface area (Å²) in [5.41, 5.74) is 5.46. The van der Waals surface area contributed by atoms with Crippen molar-refractivity contribution >= 4 is 0 Å². The van der Waals surface area contributed by atoms with Crippen LogP contribution in [0.2, 0.25) is 0 Å². The molecule has 0 aliphatic carbocycles. The van der Waals surface area contributed by atoms with Gasteiger partial charge in [-0.1, -0.05) is 26.3 Å². The topological polar surface area (TPSA) is 72.3 Å². The molecule has 100 valence electrons. The number of rotatable bonds is 3. The van der Waals surface area contributed by atoms with E-state index in [1.165, 1.54) is 12.1 Å². The fourth-order valence-electron chi connectivity index (χ4n) is 1.09. The SMILES string of the molecule is CCCCc1ccc(F)cc1F.CCN.NO. The molecular weight excluding hydrogens is 226 g/mol. The van der Waals surface area contributed by atoms with Crippen molar-refractivity contribution in [2.24, 2.45) is 11.6 Å². The van der Waals surface area contributed by atoms with E-state index < -0.39 is 11.6 Å². The van der Waals surface area contributed by atoms with Gasteiger partial charge in [0.2, 0.25) is 0 Å². The quantitative estimate of drug-likeness (QED) is 0.720. The Kier molecular flexibility index (Phi) is 14.0. The predicted molar refractivity (Wildman–Crippen MR) is 65.7 cm³/mol. The molecule has 0 amide bonds. The summed E-state index contributed by atoms with van der Waals surface area (Å²) < 4.78 is 25.4. The molecule has 1 rings (SSSR count). The summed E-state index contributed by atoms with van der Waals surface area (Å²) in [5, 5.41) is 6.50. The summed E-state index contributed by atoms with van der Waals surface area (Å²) in [7, 11) is 0. The summed E-state index contributed by atoms with van der Waals surface area (Å²) in [5.74, 6) is 2.57. The number of halogens is 2. The third-order valence-corrected chi connectivity index (χ3v) is 1.81. The lowest BCUT2D eigenvalue weighted by Gasteiger charge is -2.00. The van der Waals surface area contributed by atoms with Gasteiger partial charge >= 0.3 is 0 Å². The van der Waals surface area contributed by atoms with Crippen LogP contribution in [0.3, 0.4) is 0 Å². The number of hydrogen-bond donors (Lipinski definition) is 3. The molecule has 0 fully saturated rings. The Morgan fingerprint density at radius 2 is 1.71 bits per heavy atom. The fourth-order valence-corrected chi connectivity index (χ4v) is 1.09. The number of hydrogen-bond acceptors (Lipinski definition) is 3. The van der Waals surface area contributed by atoms with Crippen LogP contribution in [0.1, 0.15) is 32.3 Å². The Morgan fingerprint density at radius 3 is 2.12 bits per heavy atom. The van der Waals surface area contributed by atoms with Gasteiger partial charge in [0.15, 0.2) is 0 Å². The normalized spacial score (nSPS) is 8.65. The average molecular weight is 248 g/mol. The lowest BCUT2D eigenvalue weighted by atomic mass is 10.1. The second kappa shape index (κ2) is 13.0. The first-order valence-electron chi connectivity index (χ1n) is 5.55. The summed E-state index contributed by atoms with van der Waals surface area (Å²) in [6.45, 7) is 4.70. The lowest BCUT2D eigenvalue weighted by Crippen LogP contribution is -1.91. The molecule has 0 aliphatic heterocycles. The molecule has 5 heteroatoms. The lowest BCUT2D eigenvalue weighted by molar-refractivity contribution is 0.311. The maximum Gasteiger partial charge on any atom is 0.129 e. The molecule has 0 spiro atoms. The van der Waals surface area contributed by atoms with Gasteiger partial charge in [0, 0.05) is 6.07 Å². The Balaban J connectivity index is 0. The van der Waals surface area contributed by atoms with Crippen molar-refractivity contribution in [1.29, 1.82) is 0 Å². The Morgan fingerprint density at radius 1 is 1.18 bits per heavy atom. The maximum absolute atomic E-state index is 12.9. The van der Waals surface area contributed by atoms with E-state index in [4.69, 9.17) is 10.9 Å². The van der Waals surface area contributed by atoms with Crippen molar-refractivity contribution < 1.29 is 14.0 Å². The van der Waals surface area contributed by atoms with Crippen molar-refractivity contribution in [2.75, 3.05) is 6.54 Å². The predicted octanol–water partition coefficient (Wildman–Crippen LogP) is 2.61. The van der Waals surface area contributed by atoms with Crippen LogP contribution in [0.25, 0.3) is 0 Å². The van der Waals surface area contributed by atoms with Crippen LogP contribution >= 0.6 is 0 Å². The molecule has 0 bridgehead atoms. The first-order valence-corrected chi connectivity index (χ1v) is 5.55. The first-order chi connectivity index (χ1) is 8.15. The molecule has 1 aromatic carbocycles. The zero-order chi connectivity index (χ0) is 13.7. The van der Waals surface area contributed by atoms with Crippen molar-refractivity contribution in [3.8, 4) is 0 Å². The highest BCUT2D eigenvalue weighted by Crippen LogP contribution is 2.11. The number of unbranched alkanes of at least 4 members (excludes halogenated alkanes) is 1. The highest BCUT2D eigenvalue weighted by molar-refractivity contribution is 5.18. The molecule has 0 saturated carbocycles. The van der Waals surface area contributed by atoms with Crippen LogP contribution in [0.4, 0.5) is 8.78 Å². The molecule has 0 radical (unpaired) electrons. The molecule has 3 nitrogen and oxygen atoms in total. The first kappa shape index (κ1) is 18.3. The smallest absolute Gasteiger partial charge is 0.129 e. The van der Waals surface area contributed by atoms with E-state index in [0.29, 0.717) is 12.0 Å². The van der Waals surface area contributed by atoms with Gasteiger partial charge in [0.05, 0.1) is 0 Å². The van der Waals surface area contributed by atoms with Crippen LogP contribution < -0.4 is 11.6 Å². The zero-order valence-corrected chi connectivity index (χ0v) is 10.4. The van der Waals surface area contributed by atoms with E-state index in [9.17, 15) is 8.78 Å². The minimum Gasteiger partial charge on any atom is -0.331 e. The van der Waals surface area contributed by atoms with Gasteiger partial charge in [0.25, 0.3) is 0 Å². The van der Waals surface area contributed by atoms with Gasteiger partial charge in [-0.05, 0) is 31.0 Å². The van der Waals surface area contributed by atoms with E-state index in [1.54, 1.807) is 0 Å². The van der Waals surface area contributed by atoms with Crippen LogP contribution in [-0.4, -0.2) is 11.8 Å². The van der Waals surface area contributed by atoms with Crippen LogP contribution in [0.15, 0.2) is 18.2 Å². The zero-order valence-electron chi connectivity index (χ0n) is 10.4. The highest BCUT2D eigenvalue weighted by Gasteiger charge is 2.01. The van der Waals surface area contributed by atoms with Crippen LogP contribution in [-0.2, 0) is 6.42 Å². The van der Waals surface area contributed by atoms with Crippen molar-refractivity contribution in [3.63, 3.8) is 0 Å². The Bertz CT molecular complexity index is 283. The van der Waals surface area contributed by atoms with E-state index in [2.05, 4.69) is 5.90 Å². The van der Waals surface area contributed by atoms with E-state index in [1.807, 2.05) is 13.8 Å².